The van der Waals surface area contributed by atoms with Crippen LogP contribution in [0.2, 0.25) is 0 Å². The Hall–Kier alpha value is -1.02. The molecule has 0 radical (unpaired) electrons. The van der Waals surface area contributed by atoms with Gasteiger partial charge in [0, 0.05) is 0 Å². The molecule has 2 nitrogen and oxygen atoms in total. The lowest BCUT2D eigenvalue weighted by atomic mass is 10.0. The van der Waals surface area contributed by atoms with Gasteiger partial charge in [0.2, 0.25) is 5.91 Å². The number of nitrogens with two attached hydrogens (primary N) is 1. The van der Waals surface area contributed by atoms with Crippen LogP contribution >= 0.6 is 11.6 Å². The highest BCUT2D eigenvalue weighted by Gasteiger charge is 2.28. The van der Waals surface area contributed by atoms with Crippen molar-refractivity contribution in [2.75, 3.05) is 0 Å². The molecule has 0 aliphatic heterocycles. The molecule has 74 valence electrons. The second-order valence-corrected chi connectivity index (χ2v) is 4.10. The fraction of sp³-hybridized carbons (Fsp3) is 0.364. The topological polar surface area (TPSA) is 43.1 Å². The molecule has 2 N–H and O–H groups in total. The predicted molar refractivity (Wildman–Crippen MR) is 56.2 cm³/mol. The molecule has 1 atom stereocenters. The number of hydrogen-bond acceptors (Lipinski definition) is 1. The molecule has 1 fully saturated rings. The maximum absolute atomic E-state index is 11.0. The summed E-state index contributed by atoms with van der Waals surface area (Å²) >= 11 is 5.94. The van der Waals surface area contributed by atoms with E-state index in [1.807, 2.05) is 24.3 Å². The number of primary amides is 1. The fourth-order valence-corrected chi connectivity index (χ4v) is 1.86. The standard InChI is InChI=1S/C11H12ClNO/c12-10(11(13)14)9-4-2-1-3-8(9)7-5-6-7/h1-4,7,10H,5-6H2,(H2,13,14). The van der Waals surface area contributed by atoms with Crippen LogP contribution in [-0.2, 0) is 4.79 Å². The van der Waals surface area contributed by atoms with Crippen LogP contribution in [0.3, 0.4) is 0 Å². The Balaban J connectivity index is 2.35. The molecule has 1 aromatic rings. The van der Waals surface area contributed by atoms with Crippen LogP contribution in [0.15, 0.2) is 24.3 Å². The molecule has 0 heterocycles. The van der Waals surface area contributed by atoms with Gasteiger partial charge in [-0.2, -0.15) is 0 Å². The summed E-state index contributed by atoms with van der Waals surface area (Å²) in [5.41, 5.74) is 7.25. The van der Waals surface area contributed by atoms with E-state index in [2.05, 4.69) is 0 Å². The van der Waals surface area contributed by atoms with Gasteiger partial charge in [-0.25, -0.2) is 0 Å². The van der Waals surface area contributed by atoms with E-state index in [4.69, 9.17) is 17.3 Å². The molecule has 1 unspecified atom stereocenters. The first-order valence-electron chi connectivity index (χ1n) is 4.72. The molecule has 1 amide bonds. The first-order chi connectivity index (χ1) is 6.70. The normalized spacial score (nSPS) is 17.8. The van der Waals surface area contributed by atoms with E-state index < -0.39 is 11.3 Å². The van der Waals surface area contributed by atoms with Crippen molar-refractivity contribution >= 4 is 17.5 Å². The highest BCUT2D eigenvalue weighted by atomic mass is 35.5. The Bertz CT molecular complexity index is 360. The maximum atomic E-state index is 11.0. The van der Waals surface area contributed by atoms with Gasteiger partial charge >= 0.3 is 0 Å². The molecule has 1 aliphatic carbocycles. The highest BCUT2D eigenvalue weighted by molar-refractivity contribution is 6.30. The van der Waals surface area contributed by atoms with Gasteiger partial charge in [0.05, 0.1) is 0 Å². The number of benzene rings is 1. The number of carbonyl (C=O) groups excluding carboxylic acids is 1. The van der Waals surface area contributed by atoms with Crippen LogP contribution in [0, 0.1) is 0 Å². The van der Waals surface area contributed by atoms with Crippen molar-refractivity contribution in [3.63, 3.8) is 0 Å². The van der Waals surface area contributed by atoms with Crippen molar-refractivity contribution in [1.82, 2.24) is 0 Å². The molecule has 14 heavy (non-hydrogen) atoms. The average molecular weight is 210 g/mol. The number of alkyl halides is 1. The molecule has 1 saturated carbocycles. The van der Waals surface area contributed by atoms with Crippen LogP contribution < -0.4 is 5.73 Å². The summed E-state index contributed by atoms with van der Waals surface area (Å²) in [6.07, 6.45) is 2.39. The average Bonchev–Trinajstić information content (AvgIpc) is 3.00. The van der Waals surface area contributed by atoms with Crippen molar-refractivity contribution in [2.24, 2.45) is 5.73 Å². The first kappa shape index (κ1) is 9.53. The summed E-state index contributed by atoms with van der Waals surface area (Å²) in [4.78, 5) is 11.0. The molecule has 2 rings (SSSR count). The Morgan fingerprint density at radius 2 is 2.07 bits per heavy atom. The molecule has 1 aliphatic rings. The van der Waals surface area contributed by atoms with Gasteiger partial charge in [0.1, 0.15) is 5.38 Å². The van der Waals surface area contributed by atoms with E-state index in [1.165, 1.54) is 18.4 Å². The summed E-state index contributed by atoms with van der Waals surface area (Å²) in [6.45, 7) is 0. The van der Waals surface area contributed by atoms with Gasteiger partial charge in [0.25, 0.3) is 0 Å². The van der Waals surface area contributed by atoms with Crippen molar-refractivity contribution < 1.29 is 4.79 Å². The number of halogens is 1. The molecule has 0 saturated heterocycles. The Morgan fingerprint density at radius 3 is 2.64 bits per heavy atom. The molecular formula is C11H12ClNO. The lowest BCUT2D eigenvalue weighted by Crippen LogP contribution is -2.18. The molecule has 0 aromatic heterocycles. The molecule has 0 spiro atoms. The summed E-state index contributed by atoms with van der Waals surface area (Å²) < 4.78 is 0. The third-order valence-corrected chi connectivity index (χ3v) is 2.99. The van der Waals surface area contributed by atoms with Gasteiger partial charge in [-0.1, -0.05) is 24.3 Å². The van der Waals surface area contributed by atoms with E-state index >= 15 is 0 Å². The zero-order chi connectivity index (χ0) is 10.1. The van der Waals surface area contributed by atoms with E-state index in [0.717, 1.165) is 5.56 Å². The van der Waals surface area contributed by atoms with E-state index in [9.17, 15) is 4.79 Å². The highest BCUT2D eigenvalue weighted by Crippen LogP contribution is 2.43. The minimum atomic E-state index is -0.688. The summed E-state index contributed by atoms with van der Waals surface area (Å²) in [5.74, 6) is 0.117. The third-order valence-electron chi connectivity index (χ3n) is 2.54. The first-order valence-corrected chi connectivity index (χ1v) is 5.16. The molecular weight excluding hydrogens is 198 g/mol. The van der Waals surface area contributed by atoms with Crippen LogP contribution in [0.25, 0.3) is 0 Å². The maximum Gasteiger partial charge on any atom is 0.240 e. The lowest BCUT2D eigenvalue weighted by Gasteiger charge is -2.11. The number of amides is 1. The molecule has 3 heteroatoms. The van der Waals surface area contributed by atoms with Crippen LogP contribution in [0.4, 0.5) is 0 Å². The van der Waals surface area contributed by atoms with Crippen molar-refractivity contribution in [3.8, 4) is 0 Å². The van der Waals surface area contributed by atoms with Crippen molar-refractivity contribution in [3.05, 3.63) is 35.4 Å². The minimum Gasteiger partial charge on any atom is -0.368 e. The summed E-state index contributed by atoms with van der Waals surface area (Å²) in [7, 11) is 0. The molecule has 0 bridgehead atoms. The van der Waals surface area contributed by atoms with E-state index in [0.29, 0.717) is 5.92 Å². The van der Waals surface area contributed by atoms with Gasteiger partial charge in [0.15, 0.2) is 0 Å². The monoisotopic (exact) mass is 209 g/mol. The number of hydrogen-bond donors (Lipinski definition) is 1. The smallest absolute Gasteiger partial charge is 0.240 e. The Kier molecular flexibility index (Phi) is 2.46. The number of rotatable bonds is 3. The summed E-state index contributed by atoms with van der Waals surface area (Å²) in [6, 6.07) is 7.78. The molecule has 1 aromatic carbocycles. The predicted octanol–water partition coefficient (Wildman–Crippen LogP) is 2.33. The SMILES string of the molecule is NC(=O)C(Cl)c1ccccc1C1CC1. The minimum absolute atomic E-state index is 0.472. The van der Waals surface area contributed by atoms with Gasteiger partial charge < -0.3 is 5.73 Å². The van der Waals surface area contributed by atoms with Gasteiger partial charge in [-0.3, -0.25) is 4.79 Å². The lowest BCUT2D eigenvalue weighted by molar-refractivity contribution is -0.117. The van der Waals surface area contributed by atoms with E-state index in [1.54, 1.807) is 0 Å². The Morgan fingerprint density at radius 1 is 1.43 bits per heavy atom. The zero-order valence-corrected chi connectivity index (χ0v) is 8.50. The van der Waals surface area contributed by atoms with Crippen LogP contribution in [0.5, 0.6) is 0 Å². The van der Waals surface area contributed by atoms with Crippen LogP contribution in [-0.4, -0.2) is 5.91 Å². The number of carbonyl (C=O) groups is 1. The van der Waals surface area contributed by atoms with Gasteiger partial charge in [-0.05, 0) is 29.9 Å². The van der Waals surface area contributed by atoms with Crippen molar-refractivity contribution in [1.29, 1.82) is 0 Å². The zero-order valence-electron chi connectivity index (χ0n) is 7.74. The van der Waals surface area contributed by atoms with Gasteiger partial charge in [-0.15, -0.1) is 11.6 Å². The van der Waals surface area contributed by atoms with Crippen LogP contribution in [0.1, 0.15) is 35.3 Å². The van der Waals surface area contributed by atoms with Crippen molar-refractivity contribution in [2.45, 2.75) is 24.1 Å². The third kappa shape index (κ3) is 1.75. The quantitative estimate of drug-likeness (QED) is 0.763. The van der Waals surface area contributed by atoms with E-state index in [-0.39, 0.29) is 0 Å². The second kappa shape index (κ2) is 3.62. The second-order valence-electron chi connectivity index (χ2n) is 3.67. The summed E-state index contributed by atoms with van der Waals surface area (Å²) in [5, 5.41) is -0.688. The largest absolute Gasteiger partial charge is 0.368 e. The Labute approximate surface area is 88.1 Å². The fourth-order valence-electron chi connectivity index (χ4n) is 1.66.